The fourth-order valence-electron chi connectivity index (χ4n) is 5.23. The average Bonchev–Trinajstić information content (AvgIpc) is 3.19. The molecule has 0 saturated carbocycles. The second-order valence-corrected chi connectivity index (χ2v) is 10.5. The number of hydrogen-bond donors (Lipinski definition) is 3. The Balaban J connectivity index is 2.15. The maximum Gasteiger partial charge on any atom is 0.307 e. The van der Waals surface area contributed by atoms with Gasteiger partial charge in [-0.3, -0.25) is 19.2 Å². The molecule has 2 atom stereocenters. The van der Waals surface area contributed by atoms with Crippen LogP contribution in [0.1, 0.15) is 57.2 Å². The third-order valence-electron chi connectivity index (χ3n) is 7.13. The number of benzene rings is 1. The number of hydrogen-bond acceptors (Lipinski definition) is 9. The lowest BCUT2D eigenvalue weighted by atomic mass is 9.95. The maximum atomic E-state index is 13.7. The number of amides is 2. The topological polar surface area (TPSA) is 141 Å². The van der Waals surface area contributed by atoms with Gasteiger partial charge >= 0.3 is 5.97 Å². The van der Waals surface area contributed by atoms with E-state index < -0.39 is 18.1 Å². The summed E-state index contributed by atoms with van der Waals surface area (Å²) >= 11 is 0. The molecule has 228 valence electrons. The van der Waals surface area contributed by atoms with Gasteiger partial charge in [-0.15, -0.1) is 0 Å². The molecule has 0 heterocycles. The number of fused-ring (bicyclic) bond motifs is 3. The van der Waals surface area contributed by atoms with E-state index >= 15 is 0 Å². The predicted molar refractivity (Wildman–Crippen MR) is 159 cm³/mol. The second kappa shape index (κ2) is 14.6. The fraction of sp³-hybridized carbons (Fsp3) is 0.484. The first-order valence-corrected chi connectivity index (χ1v) is 13.9. The average molecular weight is 584 g/mol. The Hall–Kier alpha value is -4.28. The summed E-state index contributed by atoms with van der Waals surface area (Å²) in [6.45, 7) is 5.51. The highest BCUT2D eigenvalue weighted by Gasteiger charge is 2.30. The summed E-state index contributed by atoms with van der Waals surface area (Å²) in [6, 6.07) is 5.66. The van der Waals surface area contributed by atoms with Crippen LogP contribution in [0, 0.1) is 5.92 Å². The fourth-order valence-corrected chi connectivity index (χ4v) is 5.23. The smallest absolute Gasteiger partial charge is 0.307 e. The van der Waals surface area contributed by atoms with E-state index in [1.807, 2.05) is 19.9 Å². The van der Waals surface area contributed by atoms with Gasteiger partial charge in [0.05, 0.1) is 46.6 Å². The number of anilines is 1. The highest BCUT2D eigenvalue weighted by atomic mass is 16.5. The molecule has 0 spiro atoms. The van der Waals surface area contributed by atoms with Crippen LogP contribution in [0.25, 0.3) is 11.1 Å². The van der Waals surface area contributed by atoms with Crippen molar-refractivity contribution in [2.45, 2.75) is 58.5 Å². The van der Waals surface area contributed by atoms with Gasteiger partial charge in [-0.1, -0.05) is 19.9 Å². The molecule has 0 bridgehead atoms. The van der Waals surface area contributed by atoms with Crippen LogP contribution in [0.3, 0.4) is 0 Å². The molecule has 2 aromatic rings. The molecule has 2 amide bonds. The van der Waals surface area contributed by atoms with Gasteiger partial charge in [-0.25, -0.2) is 0 Å². The van der Waals surface area contributed by atoms with Crippen molar-refractivity contribution in [3.05, 3.63) is 45.6 Å². The molecule has 1 aliphatic rings. The minimum atomic E-state index is -0.727. The van der Waals surface area contributed by atoms with Gasteiger partial charge in [0.25, 0.3) is 0 Å². The van der Waals surface area contributed by atoms with Crippen LogP contribution in [0.4, 0.5) is 5.69 Å². The van der Waals surface area contributed by atoms with Crippen molar-refractivity contribution in [2.75, 3.05) is 40.3 Å². The first-order valence-electron chi connectivity index (χ1n) is 13.9. The number of carbonyl (C=O) groups is 3. The molecule has 1 aliphatic carbocycles. The van der Waals surface area contributed by atoms with Crippen LogP contribution in [-0.4, -0.2) is 58.8 Å². The highest BCUT2D eigenvalue weighted by Crippen LogP contribution is 2.50. The molecule has 0 aromatic heterocycles. The quantitative estimate of drug-likeness (QED) is 0.321. The molecule has 42 heavy (non-hydrogen) atoms. The van der Waals surface area contributed by atoms with Gasteiger partial charge in [0.15, 0.2) is 11.5 Å². The van der Waals surface area contributed by atoms with E-state index in [0.29, 0.717) is 47.6 Å². The number of ether oxygens (including phenoxy) is 4. The van der Waals surface area contributed by atoms with Crippen LogP contribution in [0.5, 0.6) is 17.2 Å². The molecular formula is C31H41N3O8. The third kappa shape index (κ3) is 7.51. The van der Waals surface area contributed by atoms with E-state index in [4.69, 9.17) is 14.2 Å². The molecule has 2 aromatic carbocycles. The Morgan fingerprint density at radius 2 is 1.71 bits per heavy atom. The summed E-state index contributed by atoms with van der Waals surface area (Å²) in [7, 11) is 5.91. The Bertz CT molecular complexity index is 1370. The lowest BCUT2D eigenvalue weighted by molar-refractivity contribution is -0.140. The van der Waals surface area contributed by atoms with Crippen LogP contribution < -0.4 is 35.6 Å². The van der Waals surface area contributed by atoms with Crippen molar-refractivity contribution in [3.8, 4) is 28.4 Å². The number of aryl methyl sites for hydroxylation is 1. The number of esters is 1. The molecular weight excluding hydrogens is 542 g/mol. The van der Waals surface area contributed by atoms with Crippen molar-refractivity contribution in [2.24, 2.45) is 5.92 Å². The Morgan fingerprint density at radius 3 is 2.31 bits per heavy atom. The van der Waals surface area contributed by atoms with Crippen molar-refractivity contribution in [1.82, 2.24) is 10.6 Å². The molecule has 11 nitrogen and oxygen atoms in total. The van der Waals surface area contributed by atoms with Crippen molar-refractivity contribution in [3.63, 3.8) is 0 Å². The van der Waals surface area contributed by atoms with Gasteiger partial charge in [-0.2, -0.15) is 0 Å². The van der Waals surface area contributed by atoms with Crippen LogP contribution >= 0.6 is 0 Å². The number of carbonyl (C=O) groups excluding carboxylic acids is 3. The molecule has 0 saturated heterocycles. The van der Waals surface area contributed by atoms with Gasteiger partial charge in [0, 0.05) is 19.0 Å². The maximum absolute atomic E-state index is 13.7. The van der Waals surface area contributed by atoms with E-state index in [9.17, 15) is 19.2 Å². The van der Waals surface area contributed by atoms with Gasteiger partial charge < -0.3 is 34.9 Å². The van der Waals surface area contributed by atoms with Crippen LogP contribution in [-0.2, 0) is 25.5 Å². The van der Waals surface area contributed by atoms with Crippen LogP contribution in [0.15, 0.2) is 29.1 Å². The van der Waals surface area contributed by atoms with Crippen molar-refractivity contribution in [1.29, 1.82) is 0 Å². The van der Waals surface area contributed by atoms with Gasteiger partial charge in [-0.05, 0) is 60.1 Å². The minimum Gasteiger partial charge on any atom is -0.493 e. The molecule has 0 radical (unpaired) electrons. The largest absolute Gasteiger partial charge is 0.493 e. The third-order valence-corrected chi connectivity index (χ3v) is 7.13. The zero-order valence-corrected chi connectivity index (χ0v) is 25.3. The van der Waals surface area contributed by atoms with E-state index in [1.54, 1.807) is 19.2 Å². The number of methoxy groups -OCH3 is 4. The lowest BCUT2D eigenvalue weighted by Gasteiger charge is -2.20. The minimum absolute atomic E-state index is 0.0382. The van der Waals surface area contributed by atoms with Crippen LogP contribution in [0.2, 0.25) is 0 Å². The summed E-state index contributed by atoms with van der Waals surface area (Å²) in [5.74, 6) is 0.524. The van der Waals surface area contributed by atoms with E-state index in [-0.39, 0.29) is 41.8 Å². The van der Waals surface area contributed by atoms with Gasteiger partial charge in [0.2, 0.25) is 23.0 Å². The SMILES string of the molecule is COC(=O)CCNC(=O)C(CC(C)C)Nc1ccc2c(cc1=O)C(NC(C)=O)CCc1cc(OC)c(OC)c(OC)c1-2. The standard InChI is InChI=1S/C31H41N3O8/c1-17(2)14-24(31(38)32-13-12-27(37)40-5)34-23-11-9-20-21(16-25(23)36)22(33-18(3)35)10-8-19-15-26(39-4)29(41-6)30(42-7)28(19)20/h9,11,15-17,22,24H,8,10,12-14H2,1-7H3,(H,32,38)(H,33,35)(H,34,36). The molecule has 2 unspecified atom stereocenters. The molecule has 0 fully saturated rings. The van der Waals surface area contributed by atoms with Crippen molar-refractivity contribution >= 4 is 23.5 Å². The predicted octanol–water partition coefficient (Wildman–Crippen LogP) is 3.37. The zero-order valence-electron chi connectivity index (χ0n) is 25.3. The monoisotopic (exact) mass is 583 g/mol. The highest BCUT2D eigenvalue weighted by molar-refractivity contribution is 5.86. The first kappa shape index (κ1) is 32.2. The zero-order chi connectivity index (χ0) is 31.0. The molecule has 3 rings (SSSR count). The van der Waals surface area contributed by atoms with Gasteiger partial charge in [0.1, 0.15) is 6.04 Å². The molecule has 0 aliphatic heterocycles. The molecule has 11 heteroatoms. The second-order valence-electron chi connectivity index (χ2n) is 10.5. The Labute approximate surface area is 246 Å². The number of nitrogens with one attached hydrogen (secondary N) is 3. The summed E-state index contributed by atoms with van der Waals surface area (Å²) < 4.78 is 21.7. The van der Waals surface area contributed by atoms with E-state index in [2.05, 4.69) is 20.7 Å². The lowest BCUT2D eigenvalue weighted by Crippen LogP contribution is -2.42. The summed E-state index contributed by atoms with van der Waals surface area (Å²) in [5.41, 5.74) is 2.83. The van der Waals surface area contributed by atoms with Crippen molar-refractivity contribution < 1.29 is 33.3 Å². The summed E-state index contributed by atoms with van der Waals surface area (Å²) in [5, 5.41) is 8.87. The summed E-state index contributed by atoms with van der Waals surface area (Å²) in [6.07, 6.45) is 1.60. The Kier molecular flexibility index (Phi) is 11.2. The molecule has 3 N–H and O–H groups in total. The number of rotatable bonds is 12. The normalized spacial score (nSPS) is 14.4. The van der Waals surface area contributed by atoms with E-state index in [1.165, 1.54) is 34.3 Å². The Morgan fingerprint density at radius 1 is 1.00 bits per heavy atom. The van der Waals surface area contributed by atoms with E-state index in [0.717, 1.165) is 11.1 Å². The first-order chi connectivity index (χ1) is 20.0. The summed E-state index contributed by atoms with van der Waals surface area (Å²) in [4.78, 5) is 50.4.